The summed E-state index contributed by atoms with van der Waals surface area (Å²) in [5.41, 5.74) is 13.2. The molecule has 10 amide bonds. The molecule has 2 aliphatic heterocycles. The van der Waals surface area contributed by atoms with Gasteiger partial charge in [0.25, 0.3) is 0 Å². The Labute approximate surface area is 485 Å². The molecular weight excluding hydrogens is 1090 g/mol. The lowest BCUT2D eigenvalue weighted by Gasteiger charge is -2.30. The van der Waals surface area contributed by atoms with E-state index in [0.29, 0.717) is 41.6 Å². The van der Waals surface area contributed by atoms with Crippen LogP contribution < -0.4 is 59.3 Å². The average Bonchev–Trinajstić information content (AvgIpc) is 4.48. The highest BCUT2D eigenvalue weighted by Crippen LogP contribution is 2.22. The first kappa shape index (κ1) is 64.1. The number of nitrogens with one attached hydrogen (secondary N) is 11. The molecule has 2 aromatic heterocycles. The molecule has 0 saturated carbocycles. The lowest BCUT2D eigenvalue weighted by Crippen LogP contribution is -2.61. The average molecular weight is 1170 g/mol. The summed E-state index contributed by atoms with van der Waals surface area (Å²) in [4.78, 5) is 153. The number of carbonyl (C=O) groups is 10. The first-order valence-corrected chi connectivity index (χ1v) is 28.1. The van der Waals surface area contributed by atoms with Crippen LogP contribution in [0.2, 0.25) is 0 Å². The number of fused-ring (bicyclic) bond motifs is 1. The Kier molecular flexibility index (Phi) is 23.5. The van der Waals surface area contributed by atoms with Crippen LogP contribution in [0.5, 0.6) is 5.75 Å². The molecule has 0 aliphatic carbocycles. The number of phenolic OH excluding ortho intramolecular Hbond substituents is 1. The SMILES string of the molecule is CCNC(=O)[C@@H]1CCCN1C(=O)[C@H](CCCN=C(N)N)NC(=O)[C@@H](CC(C)C)NC(=O)[C@H](C)NC(=O)[C@H](Cc1ccc(O)cc1)NC(=O)[C@H](CO)NC(=O)[C@H](Cc1c[nH]c2ccccc12)NC(=O)C(Cc1cnc[nH]1)NC(=O)[C@@H]1CCC(=O)N1. The Morgan fingerprint density at radius 2 is 1.37 bits per heavy atom. The normalized spacial score (nSPS) is 17.3. The number of benzene rings is 2. The minimum Gasteiger partial charge on any atom is -0.508 e. The van der Waals surface area contributed by atoms with Crippen LogP contribution in [0.1, 0.15) is 89.5 Å². The topological polar surface area (TPSA) is 432 Å². The number of carbonyl (C=O) groups excluding carboxylic acids is 10. The third kappa shape index (κ3) is 18.5. The van der Waals surface area contributed by atoms with Crippen molar-refractivity contribution in [2.45, 2.75) is 146 Å². The van der Waals surface area contributed by atoms with Gasteiger partial charge in [-0.1, -0.05) is 44.2 Å². The third-order valence-corrected chi connectivity index (χ3v) is 14.3. The summed E-state index contributed by atoms with van der Waals surface area (Å²) < 4.78 is 0. The van der Waals surface area contributed by atoms with E-state index in [1.807, 2.05) is 19.9 Å². The van der Waals surface area contributed by atoms with Gasteiger partial charge in [-0.15, -0.1) is 0 Å². The van der Waals surface area contributed by atoms with E-state index < -0.39 is 108 Å². The minimum atomic E-state index is -1.75. The number of aliphatic hydroxyl groups excluding tert-OH is 1. The van der Waals surface area contributed by atoms with Gasteiger partial charge in [-0.05, 0) is 87.6 Å². The number of likely N-dealkylation sites (N-methyl/N-ethyl adjacent to an activating group) is 1. The molecule has 2 fully saturated rings. The van der Waals surface area contributed by atoms with E-state index in [-0.39, 0.29) is 93.9 Å². The van der Waals surface area contributed by atoms with Crippen molar-refractivity contribution >= 4 is 75.9 Å². The number of hydrogen-bond donors (Lipinski definition) is 15. The third-order valence-electron chi connectivity index (χ3n) is 14.3. The molecule has 9 atom stereocenters. The van der Waals surface area contributed by atoms with Crippen LogP contribution in [0.25, 0.3) is 10.9 Å². The first-order valence-electron chi connectivity index (χ1n) is 28.1. The maximum Gasteiger partial charge on any atom is 0.245 e. The highest BCUT2D eigenvalue weighted by atomic mass is 16.3. The van der Waals surface area contributed by atoms with Crippen molar-refractivity contribution in [2.24, 2.45) is 22.4 Å². The predicted octanol–water partition coefficient (Wildman–Crippen LogP) is -2.46. The summed E-state index contributed by atoms with van der Waals surface area (Å²) in [7, 11) is 0. The minimum absolute atomic E-state index is 0.0879. The monoisotopic (exact) mass is 1170 g/mol. The second-order valence-corrected chi connectivity index (χ2v) is 21.3. The van der Waals surface area contributed by atoms with E-state index in [1.165, 1.54) is 48.6 Å². The van der Waals surface area contributed by atoms with E-state index in [4.69, 9.17) is 11.5 Å². The van der Waals surface area contributed by atoms with Gasteiger partial charge >= 0.3 is 0 Å². The lowest BCUT2D eigenvalue weighted by molar-refractivity contribution is -0.142. The molecule has 28 heteroatoms. The fourth-order valence-electron chi connectivity index (χ4n) is 9.93. The number of imidazole rings is 1. The molecule has 6 rings (SSSR count). The van der Waals surface area contributed by atoms with Gasteiger partial charge in [-0.2, -0.15) is 0 Å². The van der Waals surface area contributed by atoms with Crippen LogP contribution in [0.3, 0.4) is 0 Å². The number of aromatic hydroxyl groups is 1. The molecule has 2 aliphatic rings. The molecular formula is C56H78N16O12. The second-order valence-electron chi connectivity index (χ2n) is 21.3. The van der Waals surface area contributed by atoms with E-state index in [1.54, 1.807) is 31.3 Å². The van der Waals surface area contributed by atoms with Crippen LogP contribution in [-0.4, -0.2) is 176 Å². The Morgan fingerprint density at radius 3 is 2.01 bits per heavy atom. The summed E-state index contributed by atoms with van der Waals surface area (Å²) in [6, 6.07) is 1.50. The molecule has 1 unspecified atom stereocenters. The fourth-order valence-corrected chi connectivity index (χ4v) is 9.93. The van der Waals surface area contributed by atoms with Crippen molar-refractivity contribution in [3.8, 4) is 5.75 Å². The summed E-state index contributed by atoms with van der Waals surface area (Å²) in [5.74, 6) is -7.43. The van der Waals surface area contributed by atoms with Gasteiger partial charge in [-0.3, -0.25) is 52.9 Å². The van der Waals surface area contributed by atoms with E-state index in [9.17, 15) is 58.2 Å². The van der Waals surface area contributed by atoms with E-state index in [2.05, 4.69) is 67.8 Å². The molecule has 0 spiro atoms. The molecule has 28 nitrogen and oxygen atoms in total. The van der Waals surface area contributed by atoms with Crippen LogP contribution >= 0.6 is 0 Å². The van der Waals surface area contributed by atoms with Crippen LogP contribution in [0.4, 0.5) is 0 Å². The van der Waals surface area contributed by atoms with Gasteiger partial charge in [0.1, 0.15) is 60.1 Å². The van der Waals surface area contributed by atoms with Crippen molar-refractivity contribution in [3.05, 3.63) is 84.1 Å². The molecule has 0 radical (unpaired) electrons. The van der Waals surface area contributed by atoms with Crippen molar-refractivity contribution in [1.82, 2.24) is 67.7 Å². The number of likely N-dealkylation sites (tertiary alicyclic amines) is 1. The smallest absolute Gasteiger partial charge is 0.245 e. The quantitative estimate of drug-likeness (QED) is 0.0146. The van der Waals surface area contributed by atoms with Gasteiger partial charge < -0.3 is 84.4 Å². The maximum atomic E-state index is 14.5. The molecule has 4 heterocycles. The van der Waals surface area contributed by atoms with Gasteiger partial charge in [-0.25, -0.2) is 4.98 Å². The summed E-state index contributed by atoms with van der Waals surface area (Å²) in [6.07, 6.45) is 5.75. The zero-order valence-electron chi connectivity index (χ0n) is 47.5. The number of rotatable bonds is 30. The maximum absolute atomic E-state index is 14.5. The largest absolute Gasteiger partial charge is 0.508 e. The fraction of sp³-hybridized carbons (Fsp3) is 0.500. The molecule has 0 bridgehead atoms. The van der Waals surface area contributed by atoms with Crippen LogP contribution in [0, 0.1) is 5.92 Å². The predicted molar refractivity (Wildman–Crippen MR) is 306 cm³/mol. The van der Waals surface area contributed by atoms with Crippen molar-refractivity contribution in [2.75, 3.05) is 26.2 Å². The number of guanidine groups is 1. The van der Waals surface area contributed by atoms with Crippen LogP contribution in [-0.2, 0) is 67.2 Å². The number of aliphatic imine (C=N–C) groups is 1. The zero-order chi connectivity index (χ0) is 61.0. The first-order chi connectivity index (χ1) is 40.1. The van der Waals surface area contributed by atoms with Gasteiger partial charge in [0.05, 0.1) is 12.9 Å². The second kappa shape index (κ2) is 30.8. The number of para-hydroxylation sites is 1. The molecule has 2 saturated heterocycles. The lowest BCUT2D eigenvalue weighted by atomic mass is 10.0. The Balaban J connectivity index is 1.18. The van der Waals surface area contributed by atoms with Gasteiger partial charge in [0.2, 0.25) is 59.1 Å². The molecule has 2 aromatic carbocycles. The van der Waals surface area contributed by atoms with E-state index >= 15 is 0 Å². The Hall–Kier alpha value is -9.08. The zero-order valence-corrected chi connectivity index (χ0v) is 47.5. The van der Waals surface area contributed by atoms with Crippen LogP contribution in [0.15, 0.2) is 72.2 Å². The number of H-pyrrole nitrogens is 2. The molecule has 17 N–H and O–H groups in total. The van der Waals surface area contributed by atoms with E-state index in [0.717, 1.165) is 5.52 Å². The summed E-state index contributed by atoms with van der Waals surface area (Å²) in [5, 5.41) is 45.3. The highest BCUT2D eigenvalue weighted by Gasteiger charge is 2.39. The van der Waals surface area contributed by atoms with Crippen molar-refractivity contribution in [3.63, 3.8) is 0 Å². The number of aromatic amines is 2. The number of hydrogen-bond acceptors (Lipinski definition) is 14. The number of amides is 10. The Bertz CT molecular complexity index is 2980. The number of aromatic nitrogens is 3. The number of phenols is 1. The standard InChI is InChI=1S/C56H78N16O12/c1-5-60-54(83)45-13-9-21-72(45)55(84)39(12-8-20-61-56(57)58)66-50(79)40(22-30(2)3)67-47(76)31(4)64-49(78)41(23-32-14-16-35(74)17-15-32)68-53(82)44(28-73)71-51(80)42(24-33-26-62-37-11-7-6-10-36(33)37)69-52(81)43(25-34-27-59-29-63-34)70-48(77)38-18-19-46(75)65-38/h6-7,10-11,14-17,26-27,29-31,38-45,62,73-74H,5,8-9,12-13,18-25,28H2,1-4H3,(H,59,63)(H,60,83)(H,64,78)(H,65,75)(H,66,79)(H,67,76)(H,68,82)(H,69,81)(H,70,77)(H,71,80)(H4,57,58,61)/t31-,38-,39-,40+,41-,42-,43?,44-,45-/m0/s1. The van der Waals surface area contributed by atoms with Gasteiger partial charge in [0, 0.05) is 74.3 Å². The summed E-state index contributed by atoms with van der Waals surface area (Å²) in [6.45, 7) is 6.52. The Morgan fingerprint density at radius 1 is 0.738 bits per heavy atom. The molecule has 84 heavy (non-hydrogen) atoms. The number of nitrogens with zero attached hydrogens (tertiary/aromatic N) is 3. The highest BCUT2D eigenvalue weighted by molar-refractivity contribution is 5.99. The number of aliphatic hydroxyl groups is 1. The van der Waals surface area contributed by atoms with Crippen molar-refractivity contribution < 1.29 is 58.2 Å². The summed E-state index contributed by atoms with van der Waals surface area (Å²) >= 11 is 0. The molecule has 454 valence electrons. The molecule has 4 aromatic rings. The number of nitrogens with two attached hydrogens (primary N) is 2. The van der Waals surface area contributed by atoms with Gasteiger partial charge in [0.15, 0.2) is 5.96 Å². The van der Waals surface area contributed by atoms with Crippen molar-refractivity contribution in [1.29, 1.82) is 0 Å².